The summed E-state index contributed by atoms with van der Waals surface area (Å²) in [6.07, 6.45) is 0.101. The van der Waals surface area contributed by atoms with Gasteiger partial charge in [-0.2, -0.15) is 0 Å². The first-order chi connectivity index (χ1) is 9.04. The minimum absolute atomic E-state index is 0.00203. The number of hydrogen-bond acceptors (Lipinski definition) is 2. The summed E-state index contributed by atoms with van der Waals surface area (Å²) in [7, 11) is 0. The van der Waals surface area contributed by atoms with Crippen molar-refractivity contribution >= 4 is 5.91 Å². The Morgan fingerprint density at radius 2 is 2.26 bits per heavy atom. The van der Waals surface area contributed by atoms with E-state index in [-0.39, 0.29) is 11.9 Å². The summed E-state index contributed by atoms with van der Waals surface area (Å²) in [6, 6.07) is 6.18. The molecule has 0 radical (unpaired) electrons. The lowest BCUT2D eigenvalue weighted by molar-refractivity contribution is -0.120. The molecule has 0 aromatic heterocycles. The third-order valence-corrected chi connectivity index (χ3v) is 3.57. The van der Waals surface area contributed by atoms with Crippen molar-refractivity contribution in [2.24, 2.45) is 0 Å². The third kappa shape index (κ3) is 4.03. The molecule has 1 amide bonds. The van der Waals surface area contributed by atoms with Crippen LogP contribution in [0.1, 0.15) is 23.1 Å². The van der Waals surface area contributed by atoms with Gasteiger partial charge in [-0.3, -0.25) is 4.79 Å². The fourth-order valence-electron chi connectivity index (χ4n) is 2.39. The summed E-state index contributed by atoms with van der Waals surface area (Å²) < 4.78 is 13.0. The molecule has 19 heavy (non-hydrogen) atoms. The van der Waals surface area contributed by atoms with Gasteiger partial charge in [0.15, 0.2) is 0 Å². The number of nitrogens with one attached hydrogen (secondary N) is 2. The van der Waals surface area contributed by atoms with Crippen LogP contribution in [0.4, 0.5) is 4.39 Å². The van der Waals surface area contributed by atoms with Crippen LogP contribution >= 0.6 is 0 Å². The van der Waals surface area contributed by atoms with Crippen molar-refractivity contribution in [1.82, 2.24) is 10.6 Å². The van der Waals surface area contributed by atoms with Gasteiger partial charge in [-0.05, 0) is 31.4 Å². The molecule has 104 valence electrons. The fraction of sp³-hybridized carbons (Fsp3) is 0.533. The molecule has 1 aliphatic rings. The SMILES string of the molecule is Cc1ccc(C)c(CC(=O)NCC2CC(F)CN2)c1. The number of hydrogen-bond donors (Lipinski definition) is 2. The molecule has 2 unspecified atom stereocenters. The molecule has 3 nitrogen and oxygen atoms in total. The van der Waals surface area contributed by atoms with E-state index in [2.05, 4.69) is 10.6 Å². The number of benzene rings is 1. The highest BCUT2D eigenvalue weighted by atomic mass is 19.1. The molecule has 0 aliphatic carbocycles. The number of halogens is 1. The zero-order valence-corrected chi connectivity index (χ0v) is 11.5. The average Bonchev–Trinajstić information content (AvgIpc) is 2.77. The monoisotopic (exact) mass is 264 g/mol. The van der Waals surface area contributed by atoms with E-state index in [1.807, 2.05) is 32.0 Å². The van der Waals surface area contributed by atoms with E-state index in [0.717, 1.165) is 16.7 Å². The Balaban J connectivity index is 1.82. The van der Waals surface area contributed by atoms with Crippen molar-refractivity contribution in [3.05, 3.63) is 34.9 Å². The molecule has 1 fully saturated rings. The van der Waals surface area contributed by atoms with Crippen molar-refractivity contribution in [3.63, 3.8) is 0 Å². The van der Waals surface area contributed by atoms with Crippen LogP contribution in [-0.2, 0) is 11.2 Å². The van der Waals surface area contributed by atoms with Crippen LogP contribution in [0.25, 0.3) is 0 Å². The van der Waals surface area contributed by atoms with Gasteiger partial charge in [0.25, 0.3) is 0 Å². The first-order valence-corrected chi connectivity index (χ1v) is 6.75. The maximum absolute atomic E-state index is 13.0. The number of carbonyl (C=O) groups is 1. The first kappa shape index (κ1) is 14.0. The minimum atomic E-state index is -0.777. The predicted molar refractivity (Wildman–Crippen MR) is 73.9 cm³/mol. The molecule has 1 aliphatic heterocycles. The molecule has 2 rings (SSSR count). The zero-order valence-electron chi connectivity index (χ0n) is 11.5. The summed E-state index contributed by atoms with van der Waals surface area (Å²) >= 11 is 0. The van der Waals surface area contributed by atoms with E-state index in [9.17, 15) is 9.18 Å². The van der Waals surface area contributed by atoms with Crippen LogP contribution in [0.3, 0.4) is 0 Å². The van der Waals surface area contributed by atoms with Gasteiger partial charge in [0, 0.05) is 19.1 Å². The Morgan fingerprint density at radius 1 is 1.47 bits per heavy atom. The number of alkyl halides is 1. The van der Waals surface area contributed by atoms with Gasteiger partial charge in [0.1, 0.15) is 6.17 Å². The first-order valence-electron chi connectivity index (χ1n) is 6.75. The van der Waals surface area contributed by atoms with E-state index < -0.39 is 6.17 Å². The van der Waals surface area contributed by atoms with Crippen LogP contribution in [-0.4, -0.2) is 31.2 Å². The van der Waals surface area contributed by atoms with E-state index in [1.165, 1.54) is 0 Å². The summed E-state index contributed by atoms with van der Waals surface area (Å²) in [5.74, 6) is -0.00203. The maximum atomic E-state index is 13.0. The minimum Gasteiger partial charge on any atom is -0.354 e. The molecule has 0 bridgehead atoms. The average molecular weight is 264 g/mol. The summed E-state index contributed by atoms with van der Waals surface area (Å²) in [4.78, 5) is 11.9. The fourth-order valence-corrected chi connectivity index (χ4v) is 2.39. The number of amides is 1. The standard InChI is InChI=1S/C15H21FN2O/c1-10-3-4-11(2)12(5-10)6-15(19)18-9-14-7-13(16)8-17-14/h3-5,13-14,17H,6-9H2,1-2H3,(H,18,19). The van der Waals surface area contributed by atoms with Crippen molar-refractivity contribution in [3.8, 4) is 0 Å². The van der Waals surface area contributed by atoms with Gasteiger partial charge in [0.05, 0.1) is 6.42 Å². The summed E-state index contributed by atoms with van der Waals surface area (Å²) in [6.45, 7) is 4.93. The molecule has 4 heteroatoms. The van der Waals surface area contributed by atoms with E-state index in [4.69, 9.17) is 0 Å². The number of aryl methyl sites for hydroxylation is 2. The smallest absolute Gasteiger partial charge is 0.224 e. The van der Waals surface area contributed by atoms with Crippen LogP contribution in [0.5, 0.6) is 0 Å². The molecule has 1 heterocycles. The second kappa shape index (κ2) is 6.15. The van der Waals surface area contributed by atoms with Crippen molar-refractivity contribution in [2.45, 2.75) is 38.9 Å². The van der Waals surface area contributed by atoms with Crippen LogP contribution < -0.4 is 10.6 Å². The third-order valence-electron chi connectivity index (χ3n) is 3.57. The number of rotatable bonds is 4. The Morgan fingerprint density at radius 3 is 2.95 bits per heavy atom. The summed E-state index contributed by atoms with van der Waals surface area (Å²) in [5, 5.41) is 5.93. The molecule has 1 aromatic rings. The van der Waals surface area contributed by atoms with Crippen molar-refractivity contribution in [2.75, 3.05) is 13.1 Å². The van der Waals surface area contributed by atoms with Gasteiger partial charge in [-0.15, -0.1) is 0 Å². The highest BCUT2D eigenvalue weighted by Crippen LogP contribution is 2.12. The van der Waals surface area contributed by atoms with Gasteiger partial charge in [-0.1, -0.05) is 23.8 Å². The molecule has 0 spiro atoms. The lowest BCUT2D eigenvalue weighted by Gasteiger charge is -2.12. The zero-order chi connectivity index (χ0) is 13.8. The topological polar surface area (TPSA) is 41.1 Å². The van der Waals surface area contributed by atoms with Gasteiger partial charge in [-0.25, -0.2) is 4.39 Å². The van der Waals surface area contributed by atoms with Crippen molar-refractivity contribution in [1.29, 1.82) is 0 Å². The Kier molecular flexibility index (Phi) is 4.53. The molecule has 2 atom stereocenters. The summed E-state index contributed by atoms with van der Waals surface area (Å²) in [5.41, 5.74) is 3.34. The number of carbonyl (C=O) groups excluding carboxylic acids is 1. The van der Waals surface area contributed by atoms with E-state index >= 15 is 0 Å². The lowest BCUT2D eigenvalue weighted by Crippen LogP contribution is -2.37. The maximum Gasteiger partial charge on any atom is 0.224 e. The molecular weight excluding hydrogens is 243 g/mol. The van der Waals surface area contributed by atoms with Crippen LogP contribution in [0.2, 0.25) is 0 Å². The lowest BCUT2D eigenvalue weighted by atomic mass is 10.0. The normalized spacial score (nSPS) is 22.5. The van der Waals surface area contributed by atoms with E-state index in [1.54, 1.807) is 0 Å². The largest absolute Gasteiger partial charge is 0.354 e. The highest BCUT2D eigenvalue weighted by Gasteiger charge is 2.23. The predicted octanol–water partition coefficient (Wildman–Crippen LogP) is 1.66. The quantitative estimate of drug-likeness (QED) is 0.868. The molecule has 1 aromatic carbocycles. The van der Waals surface area contributed by atoms with Crippen LogP contribution in [0, 0.1) is 13.8 Å². The van der Waals surface area contributed by atoms with Crippen LogP contribution in [0.15, 0.2) is 18.2 Å². The second-order valence-corrected chi connectivity index (χ2v) is 5.35. The Hall–Kier alpha value is -1.42. The van der Waals surface area contributed by atoms with Crippen molar-refractivity contribution < 1.29 is 9.18 Å². The van der Waals surface area contributed by atoms with Gasteiger partial charge >= 0.3 is 0 Å². The highest BCUT2D eigenvalue weighted by molar-refractivity contribution is 5.79. The Bertz CT molecular complexity index is 461. The van der Waals surface area contributed by atoms with Gasteiger partial charge < -0.3 is 10.6 Å². The molecule has 0 saturated carbocycles. The molecule has 1 saturated heterocycles. The molecular formula is C15H21FN2O. The Labute approximate surface area is 113 Å². The van der Waals surface area contributed by atoms with Gasteiger partial charge in [0.2, 0.25) is 5.91 Å². The van der Waals surface area contributed by atoms with E-state index in [0.29, 0.717) is 25.9 Å². The molecule has 2 N–H and O–H groups in total. The second-order valence-electron chi connectivity index (χ2n) is 5.35.